The molecule has 0 aliphatic carbocycles. The number of hydrogen-bond acceptors (Lipinski definition) is 4. The predicted octanol–water partition coefficient (Wildman–Crippen LogP) is 2.77. The van der Waals surface area contributed by atoms with E-state index in [1.807, 2.05) is 18.2 Å². The van der Waals surface area contributed by atoms with Gasteiger partial charge in [-0.25, -0.2) is 13.1 Å². The van der Waals surface area contributed by atoms with Crippen molar-refractivity contribution >= 4 is 10.0 Å². The molecular weight excluding hydrogens is 336 g/mol. The van der Waals surface area contributed by atoms with Gasteiger partial charge in [0.2, 0.25) is 10.0 Å². The lowest BCUT2D eigenvalue weighted by Crippen LogP contribution is -2.25. The van der Waals surface area contributed by atoms with Gasteiger partial charge < -0.3 is 4.74 Å². The number of nitrogens with zero attached hydrogens (tertiary/aromatic N) is 1. The lowest BCUT2D eigenvalue weighted by atomic mass is 10.1. The fourth-order valence-electron chi connectivity index (χ4n) is 3.08. The quantitative estimate of drug-likeness (QED) is 0.825. The number of nitrogens with one attached hydrogen (secondary N) is 1. The molecule has 5 nitrogen and oxygen atoms in total. The second-order valence-corrected chi connectivity index (χ2v) is 8.02. The smallest absolute Gasteiger partial charge is 0.240 e. The Hall–Kier alpha value is -1.89. The zero-order valence-electron chi connectivity index (χ0n) is 14.4. The Balaban J connectivity index is 1.69. The Kier molecular flexibility index (Phi) is 5.73. The molecule has 0 spiro atoms. The summed E-state index contributed by atoms with van der Waals surface area (Å²) in [5.41, 5.74) is 2.20. The predicted molar refractivity (Wildman–Crippen MR) is 98.0 cm³/mol. The third-order valence-electron chi connectivity index (χ3n) is 4.53. The third kappa shape index (κ3) is 4.60. The van der Waals surface area contributed by atoms with E-state index < -0.39 is 10.0 Å². The van der Waals surface area contributed by atoms with Gasteiger partial charge in [0.15, 0.2) is 0 Å². The molecule has 1 heterocycles. The number of hydrogen-bond donors (Lipinski definition) is 1. The molecule has 134 valence electrons. The van der Waals surface area contributed by atoms with Crippen molar-refractivity contribution in [3.8, 4) is 5.75 Å². The lowest BCUT2D eigenvalue weighted by molar-refractivity contribution is 0.330. The maximum atomic E-state index is 12.5. The molecule has 1 aliphatic heterocycles. The van der Waals surface area contributed by atoms with E-state index in [-0.39, 0.29) is 4.90 Å². The standard InChI is InChI=1S/C19H24N2O3S/c1-24-18-8-10-19(11-9-18)25(22,23)20-14-16-6-2-3-7-17(16)15-21-12-4-5-13-21/h2-3,6-11,20H,4-5,12-15H2,1H3. The van der Waals surface area contributed by atoms with Crippen molar-refractivity contribution in [3.05, 3.63) is 59.7 Å². The van der Waals surface area contributed by atoms with Crippen LogP contribution in [0.15, 0.2) is 53.4 Å². The Morgan fingerprint density at radius 1 is 1.00 bits per heavy atom. The molecule has 3 rings (SSSR count). The van der Waals surface area contributed by atoms with Crippen LogP contribution < -0.4 is 9.46 Å². The van der Waals surface area contributed by atoms with Crippen molar-refractivity contribution in [1.82, 2.24) is 9.62 Å². The Bertz CT molecular complexity index is 798. The molecule has 2 aromatic rings. The van der Waals surface area contributed by atoms with Gasteiger partial charge in [0.1, 0.15) is 5.75 Å². The highest BCUT2D eigenvalue weighted by Crippen LogP contribution is 2.18. The normalized spacial score (nSPS) is 15.4. The first-order valence-corrected chi connectivity index (χ1v) is 10.00. The summed E-state index contributed by atoms with van der Waals surface area (Å²) in [6.45, 7) is 3.40. The second-order valence-electron chi connectivity index (χ2n) is 6.25. The van der Waals surface area contributed by atoms with E-state index in [2.05, 4.69) is 15.7 Å². The zero-order chi connectivity index (χ0) is 17.7. The van der Waals surface area contributed by atoms with E-state index in [0.29, 0.717) is 12.3 Å². The van der Waals surface area contributed by atoms with Gasteiger partial charge in [-0.2, -0.15) is 0 Å². The van der Waals surface area contributed by atoms with Crippen LogP contribution in [0, 0.1) is 0 Å². The summed E-state index contributed by atoms with van der Waals surface area (Å²) in [6, 6.07) is 14.4. The highest BCUT2D eigenvalue weighted by atomic mass is 32.2. The van der Waals surface area contributed by atoms with E-state index in [4.69, 9.17) is 4.74 Å². The summed E-state index contributed by atoms with van der Waals surface area (Å²) < 4.78 is 32.8. The van der Waals surface area contributed by atoms with Crippen molar-refractivity contribution in [3.63, 3.8) is 0 Å². The van der Waals surface area contributed by atoms with Gasteiger partial charge in [-0.05, 0) is 61.3 Å². The Morgan fingerprint density at radius 2 is 1.64 bits per heavy atom. The maximum Gasteiger partial charge on any atom is 0.240 e. The van der Waals surface area contributed by atoms with Crippen LogP contribution in [-0.4, -0.2) is 33.5 Å². The average Bonchev–Trinajstić information content (AvgIpc) is 3.14. The van der Waals surface area contributed by atoms with Gasteiger partial charge in [-0.1, -0.05) is 24.3 Å². The van der Waals surface area contributed by atoms with Crippen LogP contribution in [0.1, 0.15) is 24.0 Å². The second kappa shape index (κ2) is 7.99. The van der Waals surface area contributed by atoms with Gasteiger partial charge in [-0.3, -0.25) is 4.90 Å². The molecule has 25 heavy (non-hydrogen) atoms. The lowest BCUT2D eigenvalue weighted by Gasteiger charge is -2.17. The molecule has 0 atom stereocenters. The van der Waals surface area contributed by atoms with Crippen molar-refractivity contribution < 1.29 is 13.2 Å². The molecule has 1 fully saturated rings. The molecular formula is C19H24N2O3S. The molecule has 6 heteroatoms. The number of benzene rings is 2. The molecule has 0 amide bonds. The number of rotatable bonds is 7. The molecule has 1 N–H and O–H groups in total. The minimum atomic E-state index is -3.55. The fourth-order valence-corrected chi connectivity index (χ4v) is 4.08. The molecule has 0 bridgehead atoms. The van der Waals surface area contributed by atoms with Crippen LogP contribution in [0.25, 0.3) is 0 Å². The van der Waals surface area contributed by atoms with Gasteiger partial charge in [0, 0.05) is 13.1 Å². The zero-order valence-corrected chi connectivity index (χ0v) is 15.3. The minimum absolute atomic E-state index is 0.241. The van der Waals surface area contributed by atoms with E-state index >= 15 is 0 Å². The maximum absolute atomic E-state index is 12.5. The largest absolute Gasteiger partial charge is 0.497 e. The highest BCUT2D eigenvalue weighted by molar-refractivity contribution is 7.89. The minimum Gasteiger partial charge on any atom is -0.497 e. The molecule has 2 aromatic carbocycles. The van der Waals surface area contributed by atoms with Gasteiger partial charge in [0.25, 0.3) is 0 Å². The average molecular weight is 360 g/mol. The van der Waals surface area contributed by atoms with Crippen LogP contribution in [0.4, 0.5) is 0 Å². The topological polar surface area (TPSA) is 58.6 Å². The van der Waals surface area contributed by atoms with E-state index in [1.54, 1.807) is 31.4 Å². The fraction of sp³-hybridized carbons (Fsp3) is 0.368. The number of sulfonamides is 1. The molecule has 0 radical (unpaired) electrons. The van der Waals surface area contributed by atoms with Crippen LogP contribution in [-0.2, 0) is 23.1 Å². The SMILES string of the molecule is COc1ccc(S(=O)(=O)NCc2ccccc2CN2CCCC2)cc1. The number of methoxy groups -OCH3 is 1. The summed E-state index contributed by atoms with van der Waals surface area (Å²) >= 11 is 0. The van der Waals surface area contributed by atoms with E-state index in [1.165, 1.54) is 18.4 Å². The van der Waals surface area contributed by atoms with Crippen LogP contribution in [0.3, 0.4) is 0 Å². The third-order valence-corrected chi connectivity index (χ3v) is 5.95. The van der Waals surface area contributed by atoms with Crippen molar-refractivity contribution in [2.24, 2.45) is 0 Å². The Morgan fingerprint density at radius 3 is 2.28 bits per heavy atom. The number of ether oxygens (including phenoxy) is 1. The van der Waals surface area contributed by atoms with Crippen molar-refractivity contribution in [1.29, 1.82) is 0 Å². The molecule has 0 unspecified atom stereocenters. The highest BCUT2D eigenvalue weighted by Gasteiger charge is 2.16. The van der Waals surface area contributed by atoms with Crippen LogP contribution in [0.2, 0.25) is 0 Å². The van der Waals surface area contributed by atoms with Crippen LogP contribution in [0.5, 0.6) is 5.75 Å². The summed E-state index contributed by atoms with van der Waals surface area (Å²) in [7, 11) is -1.99. The first-order valence-electron chi connectivity index (χ1n) is 8.51. The van der Waals surface area contributed by atoms with Crippen molar-refractivity contribution in [2.45, 2.75) is 30.8 Å². The van der Waals surface area contributed by atoms with Crippen LogP contribution >= 0.6 is 0 Å². The van der Waals surface area contributed by atoms with Crippen molar-refractivity contribution in [2.75, 3.05) is 20.2 Å². The first-order chi connectivity index (χ1) is 12.1. The number of likely N-dealkylation sites (tertiary alicyclic amines) is 1. The van der Waals surface area contributed by atoms with Gasteiger partial charge in [0.05, 0.1) is 12.0 Å². The molecule has 0 saturated carbocycles. The first kappa shape index (κ1) is 17.9. The summed E-state index contributed by atoms with van der Waals surface area (Å²) in [5.74, 6) is 0.634. The summed E-state index contributed by atoms with van der Waals surface area (Å²) in [6.07, 6.45) is 2.48. The molecule has 1 saturated heterocycles. The van der Waals surface area contributed by atoms with Gasteiger partial charge >= 0.3 is 0 Å². The summed E-state index contributed by atoms with van der Waals surface area (Å²) in [4.78, 5) is 2.65. The van der Waals surface area contributed by atoms with Gasteiger partial charge in [-0.15, -0.1) is 0 Å². The van der Waals surface area contributed by atoms with E-state index in [9.17, 15) is 8.42 Å². The molecule has 1 aliphatic rings. The summed E-state index contributed by atoms with van der Waals surface area (Å²) in [5, 5.41) is 0. The molecule has 0 aromatic heterocycles. The van der Waals surface area contributed by atoms with E-state index in [0.717, 1.165) is 25.2 Å². The Labute approximate surface area is 149 Å². The monoisotopic (exact) mass is 360 g/mol.